The summed E-state index contributed by atoms with van der Waals surface area (Å²) in [4.78, 5) is 20.0. The van der Waals surface area contributed by atoms with Crippen molar-refractivity contribution in [3.05, 3.63) is 34.6 Å². The van der Waals surface area contributed by atoms with Crippen molar-refractivity contribution in [2.75, 3.05) is 19.3 Å². The molecule has 1 aliphatic rings. The molecule has 0 spiro atoms. The van der Waals surface area contributed by atoms with Crippen molar-refractivity contribution in [3.63, 3.8) is 0 Å². The Kier molecular flexibility index (Phi) is 5.95. The van der Waals surface area contributed by atoms with Gasteiger partial charge < -0.3 is 4.90 Å². The Hall–Kier alpha value is -1.33. The maximum atomic E-state index is 12.8. The number of hydrogen-bond acceptors (Lipinski definition) is 4. The maximum Gasteiger partial charge on any atom is 0.262 e. The van der Waals surface area contributed by atoms with Crippen molar-refractivity contribution >= 4 is 22.7 Å². The van der Waals surface area contributed by atoms with E-state index in [0.717, 1.165) is 41.2 Å². The minimum atomic E-state index is 0.0970. The predicted octanol–water partition coefficient (Wildman–Crippen LogP) is 3.77. The molecule has 1 aliphatic heterocycles. The van der Waals surface area contributed by atoms with Crippen LogP contribution in [0.5, 0.6) is 0 Å². The van der Waals surface area contributed by atoms with Crippen molar-refractivity contribution in [1.29, 1.82) is 0 Å². The van der Waals surface area contributed by atoms with Crippen molar-refractivity contribution in [3.8, 4) is 0 Å². The van der Waals surface area contributed by atoms with Crippen LogP contribution >= 0.6 is 11.8 Å². The molecule has 4 nitrogen and oxygen atoms in total. The number of hydrogen-bond donors (Lipinski definition) is 0. The zero-order valence-electron chi connectivity index (χ0n) is 14.7. The highest BCUT2D eigenvalue weighted by Crippen LogP contribution is 2.23. The monoisotopic (exact) mass is 345 g/mol. The zero-order valence-corrected chi connectivity index (χ0v) is 15.5. The van der Waals surface area contributed by atoms with Crippen molar-refractivity contribution in [1.82, 2.24) is 14.5 Å². The van der Waals surface area contributed by atoms with E-state index in [4.69, 9.17) is 4.98 Å². The molecule has 1 aromatic heterocycles. The summed E-state index contributed by atoms with van der Waals surface area (Å²) >= 11 is 1.74. The summed E-state index contributed by atoms with van der Waals surface area (Å²) in [6.07, 6.45) is 6.07. The Morgan fingerprint density at radius 3 is 2.92 bits per heavy atom. The van der Waals surface area contributed by atoms with E-state index in [0.29, 0.717) is 6.04 Å². The van der Waals surface area contributed by atoms with Gasteiger partial charge in [-0.05, 0) is 51.4 Å². The van der Waals surface area contributed by atoms with Crippen LogP contribution in [-0.4, -0.2) is 39.8 Å². The molecule has 0 radical (unpaired) electrons. The molecule has 130 valence electrons. The van der Waals surface area contributed by atoms with Crippen molar-refractivity contribution in [2.24, 2.45) is 0 Å². The average molecular weight is 346 g/mol. The molecule has 0 saturated carbocycles. The number of fused-ring (bicyclic) bond motifs is 1. The van der Waals surface area contributed by atoms with Crippen molar-refractivity contribution in [2.45, 2.75) is 56.8 Å². The summed E-state index contributed by atoms with van der Waals surface area (Å²) in [6, 6.07) is 8.35. The topological polar surface area (TPSA) is 38.1 Å². The standard InChI is InChI=1S/C19H27N3OS/c1-3-12-22-18(23)16-9-4-5-10-17(16)20-19(22)24-14-11-15-8-6-7-13-21(15)2/h4-5,9-10,15H,3,6-8,11-14H2,1-2H3. The molecule has 3 rings (SSSR count). The van der Waals surface area contributed by atoms with Crippen LogP contribution in [0.1, 0.15) is 39.0 Å². The normalized spacial score (nSPS) is 19.0. The molecule has 2 aromatic rings. The lowest BCUT2D eigenvalue weighted by atomic mass is 10.0. The van der Waals surface area contributed by atoms with Gasteiger partial charge in [0.25, 0.3) is 5.56 Å². The Labute approximate surface area is 148 Å². The van der Waals surface area contributed by atoms with Gasteiger partial charge in [-0.3, -0.25) is 9.36 Å². The third kappa shape index (κ3) is 3.83. The minimum Gasteiger partial charge on any atom is -0.303 e. The van der Waals surface area contributed by atoms with Gasteiger partial charge >= 0.3 is 0 Å². The fraction of sp³-hybridized carbons (Fsp3) is 0.579. The lowest BCUT2D eigenvalue weighted by molar-refractivity contribution is 0.182. The molecule has 0 aliphatic carbocycles. The molecule has 0 N–H and O–H groups in total. The molecule has 0 amide bonds. The first kappa shape index (κ1) is 17.5. The number of aromatic nitrogens is 2. The highest BCUT2D eigenvalue weighted by Gasteiger charge is 2.19. The van der Waals surface area contributed by atoms with Gasteiger partial charge in [-0.15, -0.1) is 0 Å². The third-order valence-electron chi connectivity index (χ3n) is 4.88. The van der Waals surface area contributed by atoms with Crippen molar-refractivity contribution < 1.29 is 0 Å². The predicted molar refractivity (Wildman–Crippen MR) is 102 cm³/mol. The van der Waals surface area contributed by atoms with Gasteiger partial charge in [0.05, 0.1) is 10.9 Å². The highest BCUT2D eigenvalue weighted by molar-refractivity contribution is 7.99. The first-order chi connectivity index (χ1) is 11.7. The number of piperidine rings is 1. The molecule has 24 heavy (non-hydrogen) atoms. The van der Waals surface area contributed by atoms with E-state index >= 15 is 0 Å². The summed E-state index contributed by atoms with van der Waals surface area (Å²) < 4.78 is 1.86. The third-order valence-corrected chi connectivity index (χ3v) is 5.89. The van der Waals surface area contributed by atoms with Crippen LogP contribution < -0.4 is 5.56 Å². The van der Waals surface area contributed by atoms with Gasteiger partial charge in [0.1, 0.15) is 0 Å². The highest BCUT2D eigenvalue weighted by atomic mass is 32.2. The average Bonchev–Trinajstić information content (AvgIpc) is 2.60. The SMILES string of the molecule is CCCn1c(SCCC2CCCCN2C)nc2ccccc2c1=O. The second kappa shape index (κ2) is 8.17. The number of benzene rings is 1. The largest absolute Gasteiger partial charge is 0.303 e. The van der Waals surface area contributed by atoms with Gasteiger partial charge in [-0.1, -0.05) is 37.2 Å². The van der Waals surface area contributed by atoms with Crippen LogP contribution in [0.3, 0.4) is 0 Å². The molecule has 1 unspecified atom stereocenters. The molecule has 1 aromatic carbocycles. The number of likely N-dealkylation sites (tertiary alicyclic amines) is 1. The summed E-state index contributed by atoms with van der Waals surface area (Å²) in [5, 5.41) is 1.60. The minimum absolute atomic E-state index is 0.0970. The van der Waals surface area contributed by atoms with E-state index in [2.05, 4.69) is 18.9 Å². The van der Waals surface area contributed by atoms with E-state index in [1.165, 1.54) is 25.8 Å². The number of para-hydroxylation sites is 1. The Morgan fingerprint density at radius 1 is 1.29 bits per heavy atom. The fourth-order valence-corrected chi connectivity index (χ4v) is 4.54. The van der Waals surface area contributed by atoms with E-state index in [9.17, 15) is 4.79 Å². The summed E-state index contributed by atoms with van der Waals surface area (Å²) in [5.41, 5.74) is 0.909. The molecule has 5 heteroatoms. The number of nitrogens with zero attached hydrogens (tertiary/aromatic N) is 3. The van der Waals surface area contributed by atoms with Gasteiger partial charge in [0.15, 0.2) is 5.16 Å². The summed E-state index contributed by atoms with van der Waals surface area (Å²) in [6.45, 7) is 4.06. The first-order valence-corrected chi connectivity index (χ1v) is 10.0. The van der Waals surface area contributed by atoms with E-state index in [1.54, 1.807) is 11.8 Å². The smallest absolute Gasteiger partial charge is 0.262 e. The Balaban J connectivity index is 1.77. The molecular weight excluding hydrogens is 318 g/mol. The molecule has 1 fully saturated rings. The second-order valence-electron chi connectivity index (χ2n) is 6.64. The van der Waals surface area contributed by atoms with Gasteiger partial charge in [-0.25, -0.2) is 4.98 Å². The van der Waals surface area contributed by atoms with E-state index in [-0.39, 0.29) is 5.56 Å². The molecule has 1 saturated heterocycles. The Morgan fingerprint density at radius 2 is 2.12 bits per heavy atom. The van der Waals surface area contributed by atoms with Gasteiger partial charge in [0, 0.05) is 18.3 Å². The summed E-state index contributed by atoms with van der Waals surface area (Å²) in [5.74, 6) is 1.02. The van der Waals surface area contributed by atoms with E-state index in [1.807, 2.05) is 28.8 Å². The zero-order chi connectivity index (χ0) is 16.9. The lowest BCUT2D eigenvalue weighted by Crippen LogP contribution is -2.36. The van der Waals surface area contributed by atoms with Gasteiger partial charge in [0.2, 0.25) is 0 Å². The molecular formula is C19H27N3OS. The van der Waals surface area contributed by atoms with Crippen LogP contribution in [0.2, 0.25) is 0 Å². The number of rotatable bonds is 6. The second-order valence-corrected chi connectivity index (χ2v) is 7.70. The first-order valence-electron chi connectivity index (χ1n) is 9.03. The molecule has 2 heterocycles. The van der Waals surface area contributed by atoms with Crippen LogP contribution in [0.4, 0.5) is 0 Å². The number of thioether (sulfide) groups is 1. The van der Waals surface area contributed by atoms with Crippen LogP contribution in [-0.2, 0) is 6.54 Å². The van der Waals surface area contributed by atoms with E-state index < -0.39 is 0 Å². The Bertz CT molecular complexity index is 743. The molecule has 0 bridgehead atoms. The lowest BCUT2D eigenvalue weighted by Gasteiger charge is -2.32. The fourth-order valence-electron chi connectivity index (χ4n) is 3.47. The quantitative estimate of drug-likeness (QED) is 0.590. The maximum absolute atomic E-state index is 12.8. The van der Waals surface area contributed by atoms with Crippen LogP contribution in [0.15, 0.2) is 34.2 Å². The van der Waals surface area contributed by atoms with Crippen LogP contribution in [0.25, 0.3) is 10.9 Å². The summed E-state index contributed by atoms with van der Waals surface area (Å²) in [7, 11) is 2.23. The molecule has 1 atom stereocenters. The van der Waals surface area contributed by atoms with Crippen LogP contribution in [0, 0.1) is 0 Å². The van der Waals surface area contributed by atoms with Gasteiger partial charge in [-0.2, -0.15) is 0 Å².